The fourth-order valence-electron chi connectivity index (χ4n) is 2.94. The van der Waals surface area contributed by atoms with Gasteiger partial charge in [-0.3, -0.25) is 9.59 Å². The van der Waals surface area contributed by atoms with Crippen molar-refractivity contribution in [1.82, 2.24) is 0 Å². The number of amides is 2. The number of imide groups is 1. The van der Waals surface area contributed by atoms with Crippen LogP contribution in [0.2, 0.25) is 0 Å². The standard InChI is InChI=1S/C21H15NO3/c1-14-8-10-15(11-9-14)22-20(23)18-7-3-2-6-17(18)19(21(22)24)13-16-5-4-12-25-16/h2-13H,1H3. The summed E-state index contributed by atoms with van der Waals surface area (Å²) in [5, 5.41) is 0. The third-order valence-electron chi connectivity index (χ3n) is 4.21. The number of rotatable bonds is 2. The molecule has 0 bridgehead atoms. The highest BCUT2D eigenvalue weighted by Gasteiger charge is 2.35. The Hall–Kier alpha value is -3.40. The summed E-state index contributed by atoms with van der Waals surface area (Å²) in [4.78, 5) is 27.2. The number of hydrogen-bond donors (Lipinski definition) is 0. The van der Waals surface area contributed by atoms with Crippen LogP contribution in [-0.2, 0) is 4.79 Å². The zero-order valence-corrected chi connectivity index (χ0v) is 13.6. The third-order valence-corrected chi connectivity index (χ3v) is 4.21. The van der Waals surface area contributed by atoms with E-state index < -0.39 is 0 Å². The molecule has 0 fully saturated rings. The zero-order chi connectivity index (χ0) is 17.4. The van der Waals surface area contributed by atoms with E-state index in [-0.39, 0.29) is 11.8 Å². The lowest BCUT2D eigenvalue weighted by molar-refractivity contribution is -0.112. The molecule has 0 N–H and O–H groups in total. The van der Waals surface area contributed by atoms with Gasteiger partial charge in [-0.15, -0.1) is 0 Å². The summed E-state index contributed by atoms with van der Waals surface area (Å²) in [5.41, 5.74) is 3.18. The van der Waals surface area contributed by atoms with Crippen LogP contribution < -0.4 is 4.90 Å². The summed E-state index contributed by atoms with van der Waals surface area (Å²) < 4.78 is 5.35. The molecule has 2 amide bonds. The normalized spacial score (nSPS) is 15.6. The second kappa shape index (κ2) is 5.91. The van der Waals surface area contributed by atoms with Crippen molar-refractivity contribution in [2.24, 2.45) is 0 Å². The Kier molecular flexibility index (Phi) is 3.58. The van der Waals surface area contributed by atoms with Crippen molar-refractivity contribution < 1.29 is 14.0 Å². The number of carbonyl (C=O) groups is 2. The van der Waals surface area contributed by atoms with Gasteiger partial charge in [-0.1, -0.05) is 35.9 Å². The first kappa shape index (κ1) is 15.1. The van der Waals surface area contributed by atoms with Crippen LogP contribution in [0.25, 0.3) is 11.6 Å². The number of furan rings is 1. The molecule has 1 aliphatic heterocycles. The largest absolute Gasteiger partial charge is 0.465 e. The lowest BCUT2D eigenvalue weighted by Crippen LogP contribution is -2.41. The molecule has 1 aromatic heterocycles. The van der Waals surface area contributed by atoms with Crippen LogP contribution in [0.4, 0.5) is 5.69 Å². The van der Waals surface area contributed by atoms with Gasteiger partial charge in [0.2, 0.25) is 0 Å². The minimum absolute atomic E-state index is 0.318. The fraction of sp³-hybridized carbons (Fsp3) is 0.0476. The molecule has 4 nitrogen and oxygen atoms in total. The van der Waals surface area contributed by atoms with Gasteiger partial charge in [-0.05, 0) is 43.3 Å². The molecule has 0 saturated carbocycles. The summed E-state index contributed by atoms with van der Waals surface area (Å²) in [5.74, 6) is -0.110. The van der Waals surface area contributed by atoms with Crippen molar-refractivity contribution in [1.29, 1.82) is 0 Å². The Balaban J connectivity index is 1.90. The molecule has 122 valence electrons. The first-order valence-electron chi connectivity index (χ1n) is 7.95. The van der Waals surface area contributed by atoms with E-state index in [0.717, 1.165) is 5.56 Å². The van der Waals surface area contributed by atoms with Gasteiger partial charge in [-0.2, -0.15) is 0 Å². The van der Waals surface area contributed by atoms with Crippen molar-refractivity contribution in [3.05, 3.63) is 89.4 Å². The van der Waals surface area contributed by atoms with Gasteiger partial charge in [-0.25, -0.2) is 4.90 Å². The van der Waals surface area contributed by atoms with Gasteiger partial charge < -0.3 is 4.42 Å². The van der Waals surface area contributed by atoms with Crippen LogP contribution in [0.5, 0.6) is 0 Å². The topological polar surface area (TPSA) is 50.5 Å². The van der Waals surface area contributed by atoms with Crippen molar-refractivity contribution in [2.45, 2.75) is 6.92 Å². The summed E-state index contributed by atoms with van der Waals surface area (Å²) >= 11 is 0. The van der Waals surface area contributed by atoms with Crippen LogP contribution in [0.1, 0.15) is 27.2 Å². The number of fused-ring (bicyclic) bond motifs is 1. The first-order valence-corrected chi connectivity index (χ1v) is 7.95. The summed E-state index contributed by atoms with van der Waals surface area (Å²) in [7, 11) is 0. The van der Waals surface area contributed by atoms with E-state index in [0.29, 0.717) is 28.1 Å². The molecule has 0 saturated heterocycles. The number of aryl methyl sites for hydroxylation is 1. The van der Waals surface area contributed by atoms with Crippen molar-refractivity contribution in [3.8, 4) is 0 Å². The molecule has 4 rings (SSSR count). The molecule has 1 aliphatic rings. The van der Waals surface area contributed by atoms with Crippen molar-refractivity contribution >= 4 is 29.2 Å². The fourth-order valence-corrected chi connectivity index (χ4v) is 2.94. The van der Waals surface area contributed by atoms with Crippen LogP contribution in [0, 0.1) is 6.92 Å². The lowest BCUT2D eigenvalue weighted by Gasteiger charge is -2.28. The maximum absolute atomic E-state index is 13.1. The van der Waals surface area contributed by atoms with E-state index in [4.69, 9.17) is 4.42 Å². The molecule has 25 heavy (non-hydrogen) atoms. The average Bonchev–Trinajstić information content (AvgIpc) is 3.14. The Morgan fingerprint density at radius 2 is 1.56 bits per heavy atom. The number of anilines is 1. The molecular weight excluding hydrogens is 314 g/mol. The van der Waals surface area contributed by atoms with Crippen LogP contribution in [0.3, 0.4) is 0 Å². The predicted molar refractivity (Wildman–Crippen MR) is 96.0 cm³/mol. The van der Waals surface area contributed by atoms with Crippen molar-refractivity contribution in [3.63, 3.8) is 0 Å². The van der Waals surface area contributed by atoms with E-state index in [1.54, 1.807) is 54.8 Å². The van der Waals surface area contributed by atoms with E-state index in [1.807, 2.05) is 25.1 Å². The average molecular weight is 329 g/mol. The van der Waals surface area contributed by atoms with Gasteiger partial charge in [0.05, 0.1) is 17.5 Å². The zero-order valence-electron chi connectivity index (χ0n) is 13.6. The SMILES string of the molecule is Cc1ccc(N2C(=O)C(=Cc3ccco3)c3ccccc3C2=O)cc1. The summed E-state index contributed by atoms with van der Waals surface area (Å²) in [6.45, 7) is 1.96. The monoisotopic (exact) mass is 329 g/mol. The second-order valence-electron chi connectivity index (χ2n) is 5.90. The molecule has 0 atom stereocenters. The maximum atomic E-state index is 13.1. The number of benzene rings is 2. The highest BCUT2D eigenvalue weighted by atomic mass is 16.3. The van der Waals surface area contributed by atoms with Crippen LogP contribution in [-0.4, -0.2) is 11.8 Å². The molecular formula is C21H15NO3. The summed E-state index contributed by atoms with van der Waals surface area (Å²) in [6.07, 6.45) is 3.23. The van der Waals surface area contributed by atoms with Crippen LogP contribution in [0.15, 0.2) is 71.3 Å². The summed E-state index contributed by atoms with van der Waals surface area (Å²) in [6, 6.07) is 18.0. The molecule has 0 radical (unpaired) electrons. The van der Waals surface area contributed by atoms with E-state index in [9.17, 15) is 9.59 Å². The molecule has 0 spiro atoms. The van der Waals surface area contributed by atoms with Gasteiger partial charge in [0.25, 0.3) is 11.8 Å². The first-order chi connectivity index (χ1) is 12.1. The smallest absolute Gasteiger partial charge is 0.266 e. The predicted octanol–water partition coefficient (Wildman–Crippen LogP) is 4.32. The number of hydrogen-bond acceptors (Lipinski definition) is 3. The molecule has 2 aromatic carbocycles. The minimum Gasteiger partial charge on any atom is -0.465 e. The van der Waals surface area contributed by atoms with E-state index in [1.165, 1.54) is 4.90 Å². The molecule has 4 heteroatoms. The van der Waals surface area contributed by atoms with Gasteiger partial charge in [0.15, 0.2) is 0 Å². The molecule has 2 heterocycles. The number of carbonyl (C=O) groups excluding carboxylic acids is 2. The van der Waals surface area contributed by atoms with Crippen LogP contribution >= 0.6 is 0 Å². The Bertz CT molecular complexity index is 982. The molecule has 0 aliphatic carbocycles. The van der Waals surface area contributed by atoms with Crippen molar-refractivity contribution in [2.75, 3.05) is 4.90 Å². The molecule has 3 aromatic rings. The quantitative estimate of drug-likeness (QED) is 0.520. The second-order valence-corrected chi connectivity index (χ2v) is 5.90. The Morgan fingerprint density at radius 1 is 0.840 bits per heavy atom. The molecule has 0 unspecified atom stereocenters. The van der Waals surface area contributed by atoms with E-state index in [2.05, 4.69) is 0 Å². The van der Waals surface area contributed by atoms with Gasteiger partial charge in [0, 0.05) is 11.1 Å². The van der Waals surface area contributed by atoms with E-state index >= 15 is 0 Å². The highest BCUT2D eigenvalue weighted by molar-refractivity contribution is 6.43. The Morgan fingerprint density at radius 3 is 2.24 bits per heavy atom. The maximum Gasteiger partial charge on any atom is 0.266 e. The highest BCUT2D eigenvalue weighted by Crippen LogP contribution is 2.33. The third kappa shape index (κ3) is 2.58. The Labute approximate surface area is 145 Å². The lowest BCUT2D eigenvalue weighted by atomic mass is 9.92. The van der Waals surface area contributed by atoms with Gasteiger partial charge >= 0.3 is 0 Å². The van der Waals surface area contributed by atoms with Gasteiger partial charge in [0.1, 0.15) is 5.76 Å². The number of nitrogens with zero attached hydrogens (tertiary/aromatic N) is 1. The minimum atomic E-state index is -0.357.